The SMILES string of the molecule is CC(C)(C)OC(=O)C(C)(C)Oc1cccc(CC(N)=O)c1. The number of benzene rings is 1. The van der Waals surface area contributed by atoms with Crippen LogP contribution in [0.4, 0.5) is 0 Å². The largest absolute Gasteiger partial charge is 0.476 e. The average Bonchev–Trinajstić information content (AvgIpc) is 2.25. The molecule has 0 fully saturated rings. The fourth-order valence-electron chi connectivity index (χ4n) is 1.66. The summed E-state index contributed by atoms with van der Waals surface area (Å²) < 4.78 is 11.0. The number of ether oxygens (including phenoxy) is 2. The highest BCUT2D eigenvalue weighted by Crippen LogP contribution is 2.23. The Hall–Kier alpha value is -2.04. The van der Waals surface area contributed by atoms with E-state index in [0.717, 1.165) is 5.56 Å². The van der Waals surface area contributed by atoms with Crippen LogP contribution in [-0.2, 0) is 20.7 Å². The van der Waals surface area contributed by atoms with E-state index in [1.54, 1.807) is 58.9 Å². The van der Waals surface area contributed by atoms with Crippen LogP contribution in [0.25, 0.3) is 0 Å². The Bertz CT molecular complexity index is 529. The molecule has 0 aliphatic carbocycles. The first-order valence-electron chi connectivity index (χ1n) is 6.79. The summed E-state index contributed by atoms with van der Waals surface area (Å²) in [7, 11) is 0. The molecule has 0 radical (unpaired) electrons. The van der Waals surface area contributed by atoms with E-state index in [9.17, 15) is 9.59 Å². The van der Waals surface area contributed by atoms with Gasteiger partial charge in [0.25, 0.3) is 0 Å². The molecule has 2 N–H and O–H groups in total. The maximum Gasteiger partial charge on any atom is 0.350 e. The second kappa shape index (κ2) is 6.16. The molecule has 0 aromatic heterocycles. The van der Waals surface area contributed by atoms with E-state index in [-0.39, 0.29) is 6.42 Å². The third-order valence-electron chi connectivity index (χ3n) is 2.54. The van der Waals surface area contributed by atoms with Crippen LogP contribution in [0.5, 0.6) is 5.75 Å². The van der Waals surface area contributed by atoms with Gasteiger partial charge in [0.2, 0.25) is 5.91 Å². The molecule has 1 amide bonds. The number of hydrogen-bond donors (Lipinski definition) is 1. The van der Waals surface area contributed by atoms with Gasteiger partial charge in [-0.2, -0.15) is 0 Å². The maximum absolute atomic E-state index is 12.1. The van der Waals surface area contributed by atoms with Gasteiger partial charge in [-0.25, -0.2) is 4.79 Å². The van der Waals surface area contributed by atoms with Crippen molar-refractivity contribution in [3.05, 3.63) is 29.8 Å². The molecule has 0 atom stereocenters. The lowest BCUT2D eigenvalue weighted by Crippen LogP contribution is -2.43. The molecule has 0 aliphatic rings. The van der Waals surface area contributed by atoms with E-state index >= 15 is 0 Å². The molecule has 0 heterocycles. The molecule has 116 valence electrons. The third-order valence-corrected chi connectivity index (χ3v) is 2.54. The smallest absolute Gasteiger partial charge is 0.350 e. The van der Waals surface area contributed by atoms with Gasteiger partial charge < -0.3 is 15.2 Å². The number of carbonyl (C=O) groups is 2. The molecule has 0 unspecified atom stereocenters. The highest BCUT2D eigenvalue weighted by molar-refractivity contribution is 5.79. The fourth-order valence-corrected chi connectivity index (χ4v) is 1.66. The van der Waals surface area contributed by atoms with Crippen LogP contribution in [0, 0.1) is 0 Å². The van der Waals surface area contributed by atoms with E-state index in [4.69, 9.17) is 15.2 Å². The molecule has 0 saturated carbocycles. The van der Waals surface area contributed by atoms with Crippen molar-refractivity contribution in [3.63, 3.8) is 0 Å². The van der Waals surface area contributed by atoms with Crippen LogP contribution in [0.15, 0.2) is 24.3 Å². The van der Waals surface area contributed by atoms with Crippen LogP contribution in [-0.4, -0.2) is 23.1 Å². The highest BCUT2D eigenvalue weighted by atomic mass is 16.6. The Kier molecular flexibility index (Phi) is 4.99. The van der Waals surface area contributed by atoms with E-state index < -0.39 is 23.1 Å². The van der Waals surface area contributed by atoms with Gasteiger partial charge in [0.05, 0.1) is 6.42 Å². The van der Waals surface area contributed by atoms with Crippen molar-refractivity contribution < 1.29 is 19.1 Å². The zero-order valence-corrected chi connectivity index (χ0v) is 13.2. The summed E-state index contributed by atoms with van der Waals surface area (Å²) in [4.78, 5) is 23.1. The van der Waals surface area contributed by atoms with Crippen molar-refractivity contribution in [2.24, 2.45) is 5.73 Å². The minimum atomic E-state index is -1.13. The lowest BCUT2D eigenvalue weighted by atomic mass is 10.1. The Balaban J connectivity index is 2.83. The van der Waals surface area contributed by atoms with Crippen LogP contribution < -0.4 is 10.5 Å². The summed E-state index contributed by atoms with van der Waals surface area (Å²) in [5.74, 6) is -0.376. The number of primary amides is 1. The number of carbonyl (C=O) groups excluding carboxylic acids is 2. The number of amides is 1. The summed E-state index contributed by atoms with van der Waals surface area (Å²) in [5.41, 5.74) is 4.20. The Morgan fingerprint density at radius 3 is 2.29 bits per heavy atom. The molecule has 0 bridgehead atoms. The van der Waals surface area contributed by atoms with Gasteiger partial charge in [0.15, 0.2) is 5.60 Å². The van der Waals surface area contributed by atoms with Crippen molar-refractivity contribution in [2.75, 3.05) is 0 Å². The van der Waals surface area contributed by atoms with Gasteiger partial charge in [0, 0.05) is 0 Å². The highest BCUT2D eigenvalue weighted by Gasteiger charge is 2.34. The van der Waals surface area contributed by atoms with Gasteiger partial charge in [-0.15, -0.1) is 0 Å². The van der Waals surface area contributed by atoms with Gasteiger partial charge >= 0.3 is 5.97 Å². The van der Waals surface area contributed by atoms with Crippen LogP contribution >= 0.6 is 0 Å². The molecule has 5 nitrogen and oxygen atoms in total. The molecule has 1 aromatic rings. The van der Waals surface area contributed by atoms with Gasteiger partial charge in [-0.3, -0.25) is 4.79 Å². The zero-order chi connectivity index (χ0) is 16.3. The van der Waals surface area contributed by atoms with Gasteiger partial charge in [-0.05, 0) is 52.3 Å². The summed E-state index contributed by atoms with van der Waals surface area (Å²) in [6.07, 6.45) is 0.129. The van der Waals surface area contributed by atoms with Crippen LogP contribution in [0.1, 0.15) is 40.2 Å². The predicted octanol–water partition coefficient (Wildman–Crippen LogP) is 2.21. The molecule has 1 rings (SSSR count). The Morgan fingerprint density at radius 1 is 1.14 bits per heavy atom. The minimum absolute atomic E-state index is 0.129. The topological polar surface area (TPSA) is 78.6 Å². The first-order valence-corrected chi connectivity index (χ1v) is 6.79. The monoisotopic (exact) mass is 293 g/mol. The lowest BCUT2D eigenvalue weighted by Gasteiger charge is -2.29. The van der Waals surface area contributed by atoms with E-state index in [1.165, 1.54) is 0 Å². The van der Waals surface area contributed by atoms with Crippen molar-refractivity contribution in [3.8, 4) is 5.75 Å². The van der Waals surface area contributed by atoms with Gasteiger partial charge in [0.1, 0.15) is 11.4 Å². The predicted molar refractivity (Wildman–Crippen MR) is 79.9 cm³/mol. The molecule has 0 spiro atoms. The first-order chi connectivity index (χ1) is 9.49. The molecular formula is C16H23NO4. The van der Waals surface area contributed by atoms with Crippen LogP contribution in [0.2, 0.25) is 0 Å². The lowest BCUT2D eigenvalue weighted by molar-refractivity contribution is -0.170. The number of rotatable bonds is 5. The standard InChI is InChI=1S/C16H23NO4/c1-15(2,3)21-14(19)16(4,5)20-12-8-6-7-11(9-12)10-13(17)18/h6-9H,10H2,1-5H3,(H2,17,18). The van der Waals surface area contributed by atoms with Crippen LogP contribution in [0.3, 0.4) is 0 Å². The van der Waals surface area contributed by atoms with Crippen molar-refractivity contribution in [1.82, 2.24) is 0 Å². The Labute approximate surface area is 125 Å². The van der Waals surface area contributed by atoms with E-state index in [1.807, 2.05) is 0 Å². The van der Waals surface area contributed by atoms with E-state index in [0.29, 0.717) is 5.75 Å². The van der Waals surface area contributed by atoms with Crippen molar-refractivity contribution in [1.29, 1.82) is 0 Å². The molecule has 0 aliphatic heterocycles. The third kappa shape index (κ3) is 5.85. The van der Waals surface area contributed by atoms with Crippen molar-refractivity contribution in [2.45, 2.75) is 52.2 Å². The zero-order valence-electron chi connectivity index (χ0n) is 13.2. The normalized spacial score (nSPS) is 11.9. The number of hydrogen-bond acceptors (Lipinski definition) is 4. The van der Waals surface area contributed by atoms with Gasteiger partial charge in [-0.1, -0.05) is 12.1 Å². The quantitative estimate of drug-likeness (QED) is 0.844. The molecule has 0 saturated heterocycles. The van der Waals surface area contributed by atoms with Crippen molar-refractivity contribution >= 4 is 11.9 Å². The number of nitrogens with two attached hydrogens (primary N) is 1. The maximum atomic E-state index is 12.1. The fraction of sp³-hybridized carbons (Fsp3) is 0.500. The second-order valence-electron chi connectivity index (χ2n) is 6.40. The summed E-state index contributed by atoms with van der Waals surface area (Å²) in [6, 6.07) is 6.93. The van der Waals surface area contributed by atoms with E-state index in [2.05, 4.69) is 0 Å². The molecule has 1 aromatic carbocycles. The number of esters is 1. The molecular weight excluding hydrogens is 270 g/mol. The summed E-state index contributed by atoms with van der Waals surface area (Å²) in [5, 5.41) is 0. The average molecular weight is 293 g/mol. The second-order valence-corrected chi connectivity index (χ2v) is 6.40. The minimum Gasteiger partial charge on any atom is -0.476 e. The Morgan fingerprint density at radius 2 is 1.76 bits per heavy atom. The summed E-state index contributed by atoms with van der Waals surface area (Å²) >= 11 is 0. The first kappa shape index (κ1) is 17.0. The summed E-state index contributed by atoms with van der Waals surface area (Å²) in [6.45, 7) is 8.68. The molecule has 21 heavy (non-hydrogen) atoms. The molecule has 5 heteroatoms.